The van der Waals surface area contributed by atoms with Gasteiger partial charge in [0.25, 0.3) is 0 Å². The number of hydrogen-bond donors (Lipinski definition) is 2. The quantitative estimate of drug-likeness (QED) is 0.792. The number of rotatable bonds is 7. The second-order valence-corrected chi connectivity index (χ2v) is 6.35. The van der Waals surface area contributed by atoms with E-state index in [0.29, 0.717) is 30.6 Å². The molecule has 1 aromatic rings. The molecule has 7 heteroatoms. The molecule has 0 aliphatic rings. The van der Waals surface area contributed by atoms with Crippen LogP contribution in [0.5, 0.6) is 0 Å². The molecule has 2 N–H and O–H groups in total. The van der Waals surface area contributed by atoms with Crippen LogP contribution < -0.4 is 5.32 Å². The average Bonchev–Trinajstić information content (AvgIpc) is 2.42. The molecule has 0 saturated carbocycles. The molecule has 0 spiro atoms. The summed E-state index contributed by atoms with van der Waals surface area (Å²) >= 11 is 0. The maximum absolute atomic E-state index is 11.5. The molecule has 0 aliphatic carbocycles. The molecule has 0 aromatic carbocycles. The molecular formula is C13H21N3O3S. The summed E-state index contributed by atoms with van der Waals surface area (Å²) in [6, 6.07) is 0. The van der Waals surface area contributed by atoms with Crippen molar-refractivity contribution in [2.24, 2.45) is 0 Å². The summed E-state index contributed by atoms with van der Waals surface area (Å²) in [5, 5.41) is 20.3. The zero-order chi connectivity index (χ0) is 15.3. The van der Waals surface area contributed by atoms with Crippen LogP contribution in [0.3, 0.4) is 0 Å². The minimum Gasteiger partial charge on any atom is -0.478 e. The van der Waals surface area contributed by atoms with Gasteiger partial charge in [-0.3, -0.25) is 4.21 Å². The Hall–Kier alpha value is -1.50. The molecule has 2 unspecified atom stereocenters. The highest BCUT2D eigenvalue weighted by molar-refractivity contribution is 7.84. The van der Waals surface area contributed by atoms with E-state index in [-0.39, 0.29) is 16.6 Å². The molecule has 1 aromatic heterocycles. The predicted octanol–water partition coefficient (Wildman–Crippen LogP) is 1.48. The van der Waals surface area contributed by atoms with Crippen molar-refractivity contribution in [1.29, 1.82) is 0 Å². The number of nitrogens with zero attached hydrogens (tertiary/aromatic N) is 2. The number of aromatic nitrogens is 2. The molecular weight excluding hydrogens is 278 g/mol. The molecule has 0 radical (unpaired) electrons. The Morgan fingerprint density at radius 2 is 2.00 bits per heavy atom. The van der Waals surface area contributed by atoms with E-state index in [1.54, 1.807) is 6.26 Å². The third-order valence-electron chi connectivity index (χ3n) is 3.18. The highest BCUT2D eigenvalue weighted by Gasteiger charge is 2.20. The van der Waals surface area contributed by atoms with Gasteiger partial charge in [-0.05, 0) is 25.3 Å². The fraction of sp³-hybridized carbons (Fsp3) is 0.615. The largest absolute Gasteiger partial charge is 0.478 e. The van der Waals surface area contributed by atoms with Gasteiger partial charge in [0.05, 0.1) is 5.69 Å². The maximum atomic E-state index is 11.5. The highest BCUT2D eigenvalue weighted by Crippen LogP contribution is 2.21. The van der Waals surface area contributed by atoms with Gasteiger partial charge >= 0.3 is 5.97 Å². The van der Waals surface area contributed by atoms with Gasteiger partial charge in [-0.25, -0.2) is 4.79 Å². The van der Waals surface area contributed by atoms with Crippen LogP contribution in [0.25, 0.3) is 0 Å². The number of carbonyl (C=O) groups is 1. The van der Waals surface area contributed by atoms with Crippen LogP contribution in [0.4, 0.5) is 5.82 Å². The van der Waals surface area contributed by atoms with E-state index in [0.717, 1.165) is 0 Å². The molecule has 2 atom stereocenters. The average molecular weight is 299 g/mol. The summed E-state index contributed by atoms with van der Waals surface area (Å²) in [5.41, 5.74) is 1.60. The van der Waals surface area contributed by atoms with Crippen LogP contribution in [0.1, 0.15) is 42.4 Å². The number of carboxylic acid groups (broad SMARTS) is 1. The second-order valence-electron chi connectivity index (χ2n) is 4.55. The van der Waals surface area contributed by atoms with Crippen LogP contribution in [0.2, 0.25) is 0 Å². The molecule has 0 saturated heterocycles. The van der Waals surface area contributed by atoms with Crippen LogP contribution >= 0.6 is 0 Å². The van der Waals surface area contributed by atoms with Crippen molar-refractivity contribution in [2.45, 2.75) is 38.9 Å². The minimum atomic E-state index is -1.01. The topological polar surface area (TPSA) is 92.2 Å². The zero-order valence-electron chi connectivity index (χ0n) is 12.3. The SMILES string of the molecule is CCc1nnc(NCC(C)S(C)=O)c(C(=O)O)c1CC. The van der Waals surface area contributed by atoms with Crippen molar-refractivity contribution in [3.63, 3.8) is 0 Å². The molecule has 0 amide bonds. The Bertz CT molecular complexity index is 520. The van der Waals surface area contributed by atoms with Crippen molar-refractivity contribution < 1.29 is 14.1 Å². The van der Waals surface area contributed by atoms with Gasteiger partial charge in [0.2, 0.25) is 0 Å². The van der Waals surface area contributed by atoms with E-state index < -0.39 is 16.8 Å². The van der Waals surface area contributed by atoms with Crippen LogP contribution in [0, 0.1) is 0 Å². The summed E-state index contributed by atoms with van der Waals surface area (Å²) in [5.74, 6) is -0.761. The summed E-state index contributed by atoms with van der Waals surface area (Å²) in [6.45, 7) is 6.05. The highest BCUT2D eigenvalue weighted by atomic mass is 32.2. The number of carboxylic acids is 1. The molecule has 112 valence electrons. The number of anilines is 1. The Labute approximate surface area is 121 Å². The van der Waals surface area contributed by atoms with Gasteiger partial charge in [0.15, 0.2) is 5.82 Å². The first-order chi connectivity index (χ1) is 9.42. The first kappa shape index (κ1) is 16.6. The van der Waals surface area contributed by atoms with Crippen LogP contribution in [-0.2, 0) is 23.6 Å². The van der Waals surface area contributed by atoms with Crippen molar-refractivity contribution in [1.82, 2.24) is 10.2 Å². The molecule has 20 heavy (non-hydrogen) atoms. The predicted molar refractivity (Wildman–Crippen MR) is 79.8 cm³/mol. The van der Waals surface area contributed by atoms with E-state index in [1.807, 2.05) is 20.8 Å². The van der Waals surface area contributed by atoms with Gasteiger partial charge < -0.3 is 10.4 Å². The molecule has 1 rings (SSSR count). The fourth-order valence-electron chi connectivity index (χ4n) is 1.88. The lowest BCUT2D eigenvalue weighted by Crippen LogP contribution is -2.23. The van der Waals surface area contributed by atoms with Crippen LogP contribution in [0.15, 0.2) is 0 Å². The summed E-state index contributed by atoms with van der Waals surface area (Å²) in [6.07, 6.45) is 2.85. The number of aryl methyl sites for hydroxylation is 1. The van der Waals surface area contributed by atoms with Crippen molar-refractivity contribution in [3.8, 4) is 0 Å². The minimum absolute atomic E-state index is 0.0885. The molecule has 0 aliphatic heterocycles. The number of nitrogens with one attached hydrogen (secondary N) is 1. The zero-order valence-corrected chi connectivity index (χ0v) is 13.1. The van der Waals surface area contributed by atoms with Crippen molar-refractivity contribution >= 4 is 22.6 Å². The van der Waals surface area contributed by atoms with Crippen molar-refractivity contribution in [3.05, 3.63) is 16.8 Å². The van der Waals surface area contributed by atoms with Gasteiger partial charge in [-0.15, -0.1) is 5.10 Å². The first-order valence-corrected chi connectivity index (χ1v) is 8.22. The van der Waals surface area contributed by atoms with E-state index in [1.165, 1.54) is 0 Å². The smallest absolute Gasteiger partial charge is 0.339 e. The normalized spacial score (nSPS) is 13.8. The van der Waals surface area contributed by atoms with E-state index >= 15 is 0 Å². The fourth-order valence-corrected chi connectivity index (χ4v) is 2.20. The van der Waals surface area contributed by atoms with Gasteiger partial charge in [0.1, 0.15) is 5.56 Å². The van der Waals surface area contributed by atoms with Gasteiger partial charge in [0, 0.05) is 28.9 Å². The van der Waals surface area contributed by atoms with Crippen LogP contribution in [-0.4, -0.2) is 43.5 Å². The third kappa shape index (κ3) is 3.75. The van der Waals surface area contributed by atoms with Gasteiger partial charge in [-0.1, -0.05) is 13.8 Å². The van der Waals surface area contributed by atoms with Gasteiger partial charge in [-0.2, -0.15) is 5.10 Å². The Balaban J connectivity index is 3.13. The molecule has 1 heterocycles. The van der Waals surface area contributed by atoms with E-state index in [4.69, 9.17) is 0 Å². The third-order valence-corrected chi connectivity index (χ3v) is 4.48. The Morgan fingerprint density at radius 3 is 2.45 bits per heavy atom. The molecule has 6 nitrogen and oxygen atoms in total. The lowest BCUT2D eigenvalue weighted by molar-refractivity contribution is 0.0696. The standard InChI is InChI=1S/C13H21N3O3S/c1-5-9-10(6-2)15-16-12(11(9)13(17)18)14-7-8(3)20(4)19/h8H,5-7H2,1-4H3,(H,14,16)(H,17,18). The molecule has 0 bridgehead atoms. The monoisotopic (exact) mass is 299 g/mol. The summed E-state index contributed by atoms with van der Waals surface area (Å²) in [7, 11) is -0.973. The lowest BCUT2D eigenvalue weighted by atomic mass is 10.0. The first-order valence-electron chi connectivity index (χ1n) is 6.60. The Kier molecular flexibility index (Phi) is 6.06. The summed E-state index contributed by atoms with van der Waals surface area (Å²) in [4.78, 5) is 11.5. The van der Waals surface area contributed by atoms with E-state index in [9.17, 15) is 14.1 Å². The van der Waals surface area contributed by atoms with E-state index in [2.05, 4.69) is 15.5 Å². The summed E-state index contributed by atoms with van der Waals surface area (Å²) < 4.78 is 11.3. The number of aromatic carboxylic acids is 1. The maximum Gasteiger partial charge on any atom is 0.339 e. The number of hydrogen-bond acceptors (Lipinski definition) is 5. The molecule has 0 fully saturated rings. The second kappa shape index (κ2) is 7.33. The Morgan fingerprint density at radius 1 is 1.35 bits per heavy atom. The van der Waals surface area contributed by atoms with Crippen molar-refractivity contribution in [2.75, 3.05) is 18.1 Å². The lowest BCUT2D eigenvalue weighted by Gasteiger charge is -2.15.